The van der Waals surface area contributed by atoms with Gasteiger partial charge in [0.05, 0.1) is 25.6 Å². The molecule has 0 bridgehead atoms. The van der Waals surface area contributed by atoms with Gasteiger partial charge in [0.1, 0.15) is 19.8 Å². The van der Waals surface area contributed by atoms with Crippen LogP contribution in [0.4, 0.5) is 49.1 Å². The summed E-state index contributed by atoms with van der Waals surface area (Å²) < 4.78 is 135. The summed E-state index contributed by atoms with van der Waals surface area (Å²) >= 11 is 0. The van der Waals surface area contributed by atoms with Crippen LogP contribution >= 0.6 is 0 Å². The molecule has 2 aliphatic heterocycles. The zero-order chi connectivity index (χ0) is 30.6. The maximum atomic E-state index is 12.8. The van der Waals surface area contributed by atoms with Gasteiger partial charge in [-0.3, -0.25) is 9.13 Å². The molecule has 0 N–H and O–H groups in total. The predicted molar refractivity (Wildman–Crippen MR) is 110 cm³/mol. The van der Waals surface area contributed by atoms with Crippen LogP contribution in [0, 0.1) is 0 Å². The summed E-state index contributed by atoms with van der Waals surface area (Å²) in [4.78, 5) is 20.8. The average Bonchev–Trinajstić information content (AvgIpc) is 3.36. The molecule has 4 atom stereocenters. The highest BCUT2D eigenvalue weighted by atomic mass is 19.4. The van der Waals surface area contributed by atoms with Crippen LogP contribution in [-0.2, 0) is 37.9 Å². The van der Waals surface area contributed by atoms with Crippen molar-refractivity contribution in [2.75, 3.05) is 33.1 Å². The lowest BCUT2D eigenvalue weighted by atomic mass is 10.3. The third kappa shape index (κ3) is 26.3. The molecular formula is C20H27F9O10. The largest absolute Gasteiger partial charge is 0.574 e. The molecule has 0 amide bonds. The molecular weight excluding hydrogens is 571 g/mol. The van der Waals surface area contributed by atoms with Crippen molar-refractivity contribution in [3.8, 4) is 0 Å². The fourth-order valence-corrected chi connectivity index (χ4v) is 1.99. The summed E-state index contributed by atoms with van der Waals surface area (Å²) in [6, 6.07) is -1.85. The molecule has 0 saturated carbocycles. The number of carbonyl (C=O) groups is 2. The van der Waals surface area contributed by atoms with Crippen LogP contribution in [0.2, 0.25) is 0 Å². The van der Waals surface area contributed by atoms with Crippen molar-refractivity contribution in [2.24, 2.45) is 0 Å². The van der Waals surface area contributed by atoms with Crippen molar-refractivity contribution in [2.45, 2.75) is 57.7 Å². The van der Waals surface area contributed by atoms with Crippen LogP contribution < -0.4 is 0 Å². The Bertz CT molecular complexity index is 719. The zero-order valence-electron chi connectivity index (χ0n) is 20.5. The van der Waals surface area contributed by atoms with Crippen molar-refractivity contribution in [1.82, 2.24) is 0 Å². The quantitative estimate of drug-likeness (QED) is 0.175. The minimum absolute atomic E-state index is 0.00363. The molecule has 0 aromatic heterocycles. The Kier molecular flexibility index (Phi) is 19.4. The standard InChI is InChI=1S/C9H12F4O5.C6H8O4.C3H2F4O.C2H5F/c1-5(2-7(10)18-9(11,12)13)15-3-6-4-16-8(14)17-6;1-2-8-3-5-4-9-6(7)10-5;1-2(4)8-3(5,6)7;1-2-3/h5-7H,2-4H2,1H3;2,5H,1,3-4H2;1H2;2H2,1H3. The molecule has 0 radical (unpaired) electrons. The number of cyclic esters (lactones) is 4. The number of hydrogen-bond acceptors (Lipinski definition) is 10. The van der Waals surface area contributed by atoms with Gasteiger partial charge in [0, 0.05) is 6.42 Å². The summed E-state index contributed by atoms with van der Waals surface area (Å²) in [5.74, 6) is 0. The van der Waals surface area contributed by atoms with Crippen LogP contribution in [0.5, 0.6) is 0 Å². The molecule has 4 unspecified atom stereocenters. The first-order valence-corrected chi connectivity index (χ1v) is 10.5. The number of halogens is 9. The first-order valence-electron chi connectivity index (χ1n) is 10.5. The second-order valence-electron chi connectivity index (χ2n) is 6.63. The monoisotopic (exact) mass is 598 g/mol. The first kappa shape index (κ1) is 38.1. The summed E-state index contributed by atoms with van der Waals surface area (Å²) in [6.07, 6.45) is -14.9. The molecule has 2 aliphatic rings. The van der Waals surface area contributed by atoms with Crippen LogP contribution in [0.3, 0.4) is 0 Å². The number of rotatable bonds is 10. The molecule has 2 heterocycles. The van der Waals surface area contributed by atoms with Gasteiger partial charge in [-0.15, -0.1) is 26.3 Å². The van der Waals surface area contributed by atoms with E-state index in [0.29, 0.717) is 6.61 Å². The normalized spacial score (nSPS) is 19.5. The van der Waals surface area contributed by atoms with Gasteiger partial charge < -0.3 is 33.2 Å². The first-order chi connectivity index (χ1) is 17.9. The lowest BCUT2D eigenvalue weighted by molar-refractivity contribution is -0.362. The van der Waals surface area contributed by atoms with Gasteiger partial charge in [0.15, 0.2) is 12.2 Å². The van der Waals surface area contributed by atoms with Gasteiger partial charge in [-0.2, -0.15) is 4.39 Å². The highest BCUT2D eigenvalue weighted by Crippen LogP contribution is 2.22. The number of hydrogen-bond donors (Lipinski definition) is 0. The van der Waals surface area contributed by atoms with E-state index in [-0.39, 0.29) is 32.6 Å². The lowest BCUT2D eigenvalue weighted by Crippen LogP contribution is -2.27. The SMILES string of the molecule is C=C(F)OC(F)(F)F.C=COCC1COC(=O)O1.CC(CC(F)OC(F)(F)F)OCC1COC(=O)O1.CCF. The fourth-order valence-electron chi connectivity index (χ4n) is 1.99. The molecule has 19 heteroatoms. The van der Waals surface area contributed by atoms with E-state index < -0.39 is 56.0 Å². The Hall–Kier alpha value is -3.09. The Labute approximate surface area is 216 Å². The van der Waals surface area contributed by atoms with Crippen LogP contribution in [0.1, 0.15) is 20.3 Å². The predicted octanol–water partition coefficient (Wildman–Crippen LogP) is 5.77. The van der Waals surface area contributed by atoms with Gasteiger partial charge in [-0.25, -0.2) is 14.0 Å². The van der Waals surface area contributed by atoms with Crippen molar-refractivity contribution in [1.29, 1.82) is 0 Å². The smallest absolute Gasteiger partial charge is 0.498 e. The third-order valence-corrected chi connectivity index (χ3v) is 3.27. The molecule has 0 aromatic rings. The number of alkyl halides is 8. The molecule has 2 fully saturated rings. The molecule has 0 spiro atoms. The van der Waals surface area contributed by atoms with E-state index in [0.717, 1.165) is 0 Å². The molecule has 2 rings (SSSR count). The Balaban J connectivity index is 0. The highest BCUT2D eigenvalue weighted by molar-refractivity contribution is 5.62. The molecule has 10 nitrogen and oxygen atoms in total. The van der Waals surface area contributed by atoms with Gasteiger partial charge in [-0.1, -0.05) is 6.58 Å². The second kappa shape index (κ2) is 19.9. The summed E-state index contributed by atoms with van der Waals surface area (Å²) in [7, 11) is 0. The fraction of sp³-hybridized carbons (Fsp3) is 0.700. The van der Waals surface area contributed by atoms with E-state index in [4.69, 9.17) is 9.47 Å². The molecule has 0 aromatic carbocycles. The van der Waals surface area contributed by atoms with E-state index in [1.807, 2.05) is 0 Å². The Morgan fingerprint density at radius 1 is 1.03 bits per heavy atom. The van der Waals surface area contributed by atoms with E-state index in [1.54, 1.807) is 0 Å². The zero-order valence-corrected chi connectivity index (χ0v) is 20.5. The van der Waals surface area contributed by atoms with Crippen molar-refractivity contribution in [3.63, 3.8) is 0 Å². The molecule has 2 saturated heterocycles. The summed E-state index contributed by atoms with van der Waals surface area (Å²) in [5, 5.41) is 0. The van der Waals surface area contributed by atoms with E-state index in [2.05, 4.69) is 41.6 Å². The van der Waals surface area contributed by atoms with Gasteiger partial charge >= 0.3 is 25.0 Å². The Morgan fingerprint density at radius 2 is 1.49 bits per heavy atom. The lowest BCUT2D eigenvalue weighted by Gasteiger charge is -2.18. The van der Waals surface area contributed by atoms with E-state index >= 15 is 0 Å². The molecule has 0 aliphatic carbocycles. The third-order valence-electron chi connectivity index (χ3n) is 3.27. The number of carbonyl (C=O) groups excluding carboxylic acids is 2. The second-order valence-corrected chi connectivity index (χ2v) is 6.63. The molecule has 230 valence electrons. The van der Waals surface area contributed by atoms with Gasteiger partial charge in [0.25, 0.3) is 6.01 Å². The van der Waals surface area contributed by atoms with Gasteiger partial charge in [-0.05, 0) is 20.4 Å². The van der Waals surface area contributed by atoms with Crippen LogP contribution in [-0.4, -0.2) is 82.8 Å². The number of ether oxygens (including phenoxy) is 8. The maximum absolute atomic E-state index is 12.8. The summed E-state index contributed by atoms with van der Waals surface area (Å²) in [6.45, 7) is 8.67. The van der Waals surface area contributed by atoms with Crippen molar-refractivity contribution in [3.05, 3.63) is 25.4 Å². The average molecular weight is 598 g/mol. The van der Waals surface area contributed by atoms with E-state index in [9.17, 15) is 49.1 Å². The molecule has 39 heavy (non-hydrogen) atoms. The van der Waals surface area contributed by atoms with Crippen molar-refractivity contribution < 1.29 is 87.0 Å². The van der Waals surface area contributed by atoms with Crippen LogP contribution in [0.15, 0.2) is 25.4 Å². The summed E-state index contributed by atoms with van der Waals surface area (Å²) in [5.41, 5.74) is 0. The van der Waals surface area contributed by atoms with Crippen molar-refractivity contribution >= 4 is 12.3 Å². The van der Waals surface area contributed by atoms with Crippen LogP contribution in [0.25, 0.3) is 0 Å². The topological polar surface area (TPSA) is 108 Å². The van der Waals surface area contributed by atoms with E-state index in [1.165, 1.54) is 20.1 Å². The maximum Gasteiger partial charge on any atom is 0.574 e. The highest BCUT2D eigenvalue weighted by Gasteiger charge is 2.35. The minimum atomic E-state index is -5.02. The Morgan fingerprint density at radius 3 is 1.79 bits per heavy atom. The van der Waals surface area contributed by atoms with Gasteiger partial charge in [0.2, 0.25) is 6.36 Å². The minimum Gasteiger partial charge on any atom is -0.498 e.